The van der Waals surface area contributed by atoms with E-state index in [1.807, 2.05) is 6.92 Å². The lowest BCUT2D eigenvalue weighted by Crippen LogP contribution is -2.59. The molecule has 0 radical (unpaired) electrons. The minimum absolute atomic E-state index is 0.0845. The fourth-order valence-corrected chi connectivity index (χ4v) is 1.38. The van der Waals surface area contributed by atoms with Crippen LogP contribution < -0.4 is 10.6 Å². The molecule has 1 heterocycles. The minimum Gasteiger partial charge on any atom is -0.480 e. The van der Waals surface area contributed by atoms with E-state index in [0.717, 1.165) is 19.5 Å². The summed E-state index contributed by atoms with van der Waals surface area (Å²) >= 11 is 0. The Hall–Kier alpha value is -0.610. The number of hydrogen-bond donors (Lipinski definition) is 3. The van der Waals surface area contributed by atoms with Gasteiger partial charge in [-0.3, -0.25) is 4.79 Å². The van der Waals surface area contributed by atoms with Crippen LogP contribution in [0.15, 0.2) is 0 Å². The maximum atomic E-state index is 10.6. The molecule has 0 aromatic rings. The molecule has 1 saturated heterocycles. The molecular formula is C7H14N2O2. The van der Waals surface area contributed by atoms with Gasteiger partial charge in [0.2, 0.25) is 0 Å². The smallest absolute Gasteiger partial charge is 0.322 e. The molecule has 64 valence electrons. The largest absolute Gasteiger partial charge is 0.480 e. The summed E-state index contributed by atoms with van der Waals surface area (Å²) in [6.45, 7) is 3.59. The maximum Gasteiger partial charge on any atom is 0.322 e. The van der Waals surface area contributed by atoms with Crippen LogP contribution in [0.1, 0.15) is 13.3 Å². The number of carbonyl (C=O) groups is 1. The molecule has 1 rings (SSSR count). The SMILES string of the molecule is CCC1NCCNC1C(=O)O. The fourth-order valence-electron chi connectivity index (χ4n) is 1.38. The Labute approximate surface area is 66.0 Å². The van der Waals surface area contributed by atoms with Crippen LogP contribution in [-0.2, 0) is 4.79 Å². The zero-order valence-corrected chi connectivity index (χ0v) is 6.63. The highest BCUT2D eigenvalue weighted by molar-refractivity contribution is 5.74. The Morgan fingerprint density at radius 3 is 2.64 bits per heavy atom. The second kappa shape index (κ2) is 3.69. The van der Waals surface area contributed by atoms with Gasteiger partial charge in [0.1, 0.15) is 6.04 Å². The van der Waals surface area contributed by atoms with Gasteiger partial charge in [0.05, 0.1) is 0 Å². The van der Waals surface area contributed by atoms with Gasteiger partial charge in [0.25, 0.3) is 0 Å². The molecule has 0 aromatic carbocycles. The monoisotopic (exact) mass is 158 g/mol. The molecule has 4 nitrogen and oxygen atoms in total. The van der Waals surface area contributed by atoms with E-state index >= 15 is 0 Å². The molecule has 0 spiro atoms. The van der Waals surface area contributed by atoms with Crippen molar-refractivity contribution in [3.05, 3.63) is 0 Å². The van der Waals surface area contributed by atoms with Crippen molar-refractivity contribution in [1.82, 2.24) is 10.6 Å². The van der Waals surface area contributed by atoms with E-state index in [1.54, 1.807) is 0 Å². The van der Waals surface area contributed by atoms with Crippen LogP contribution in [0.3, 0.4) is 0 Å². The zero-order valence-electron chi connectivity index (χ0n) is 6.63. The van der Waals surface area contributed by atoms with Crippen LogP contribution in [0.4, 0.5) is 0 Å². The van der Waals surface area contributed by atoms with Crippen molar-refractivity contribution in [2.75, 3.05) is 13.1 Å². The first kappa shape index (κ1) is 8.49. The molecule has 2 unspecified atom stereocenters. The van der Waals surface area contributed by atoms with Crippen LogP contribution in [0.2, 0.25) is 0 Å². The molecule has 1 fully saturated rings. The molecule has 0 bridgehead atoms. The second-order valence-electron chi connectivity index (χ2n) is 2.74. The van der Waals surface area contributed by atoms with E-state index in [1.165, 1.54) is 0 Å². The fraction of sp³-hybridized carbons (Fsp3) is 0.857. The quantitative estimate of drug-likeness (QED) is 0.503. The molecule has 4 heteroatoms. The second-order valence-corrected chi connectivity index (χ2v) is 2.74. The molecule has 11 heavy (non-hydrogen) atoms. The Balaban J connectivity index is 2.51. The van der Waals surface area contributed by atoms with Gasteiger partial charge < -0.3 is 15.7 Å². The first-order valence-electron chi connectivity index (χ1n) is 3.95. The number of hydrogen-bond acceptors (Lipinski definition) is 3. The van der Waals surface area contributed by atoms with Gasteiger partial charge in [-0.2, -0.15) is 0 Å². The third-order valence-corrected chi connectivity index (χ3v) is 2.00. The summed E-state index contributed by atoms with van der Waals surface area (Å²) in [5.74, 6) is -0.760. The van der Waals surface area contributed by atoms with Gasteiger partial charge in [-0.1, -0.05) is 6.92 Å². The summed E-state index contributed by atoms with van der Waals surface area (Å²) in [7, 11) is 0. The molecule has 3 N–H and O–H groups in total. The van der Waals surface area contributed by atoms with Gasteiger partial charge in [0, 0.05) is 19.1 Å². The summed E-state index contributed by atoms with van der Waals surface area (Å²) in [5.41, 5.74) is 0. The Morgan fingerprint density at radius 2 is 2.18 bits per heavy atom. The Bertz CT molecular complexity index is 149. The first-order valence-corrected chi connectivity index (χ1v) is 3.95. The van der Waals surface area contributed by atoms with E-state index in [4.69, 9.17) is 5.11 Å². The third-order valence-electron chi connectivity index (χ3n) is 2.00. The number of nitrogens with one attached hydrogen (secondary N) is 2. The first-order chi connectivity index (χ1) is 5.25. The standard InChI is InChI=1S/C7H14N2O2/c1-2-5-6(7(10)11)9-4-3-8-5/h5-6,8-9H,2-4H2,1H3,(H,10,11). The molecule has 2 atom stereocenters. The van der Waals surface area contributed by atoms with Crippen LogP contribution >= 0.6 is 0 Å². The minimum atomic E-state index is -0.760. The molecule has 1 aliphatic rings. The van der Waals surface area contributed by atoms with Gasteiger partial charge in [-0.05, 0) is 6.42 Å². The molecule has 0 amide bonds. The average Bonchev–Trinajstić information content (AvgIpc) is 2.04. The lowest BCUT2D eigenvalue weighted by atomic mass is 10.0. The molecule has 0 saturated carbocycles. The summed E-state index contributed by atoms with van der Waals surface area (Å²) in [4.78, 5) is 10.6. The molecular weight excluding hydrogens is 144 g/mol. The van der Waals surface area contributed by atoms with E-state index in [0.29, 0.717) is 0 Å². The molecule has 1 aliphatic heterocycles. The average molecular weight is 158 g/mol. The molecule has 0 aliphatic carbocycles. The summed E-state index contributed by atoms with van der Waals surface area (Å²) in [6, 6.07) is -0.324. The number of aliphatic carboxylic acids is 1. The van der Waals surface area contributed by atoms with Gasteiger partial charge in [0.15, 0.2) is 0 Å². The number of carboxylic acids is 1. The zero-order chi connectivity index (χ0) is 8.27. The van der Waals surface area contributed by atoms with E-state index in [9.17, 15) is 4.79 Å². The predicted octanol–water partition coefficient (Wildman–Crippen LogP) is -0.589. The summed E-state index contributed by atoms with van der Waals surface area (Å²) in [6.07, 6.45) is 0.851. The normalized spacial score (nSPS) is 31.7. The summed E-state index contributed by atoms with van der Waals surface area (Å²) in [5, 5.41) is 14.9. The third kappa shape index (κ3) is 1.91. The van der Waals surface area contributed by atoms with Crippen molar-refractivity contribution in [3.8, 4) is 0 Å². The van der Waals surface area contributed by atoms with E-state index in [2.05, 4.69) is 10.6 Å². The summed E-state index contributed by atoms with van der Waals surface area (Å²) < 4.78 is 0. The lowest BCUT2D eigenvalue weighted by Gasteiger charge is -2.29. The number of rotatable bonds is 2. The Kier molecular flexibility index (Phi) is 2.84. The van der Waals surface area contributed by atoms with Crippen LogP contribution in [-0.4, -0.2) is 36.2 Å². The molecule has 0 aromatic heterocycles. The van der Waals surface area contributed by atoms with Crippen molar-refractivity contribution in [2.45, 2.75) is 25.4 Å². The van der Waals surface area contributed by atoms with Crippen LogP contribution in [0, 0.1) is 0 Å². The Morgan fingerprint density at radius 1 is 1.55 bits per heavy atom. The van der Waals surface area contributed by atoms with Crippen molar-refractivity contribution < 1.29 is 9.90 Å². The number of carboxylic acid groups (broad SMARTS) is 1. The highest BCUT2D eigenvalue weighted by atomic mass is 16.4. The topological polar surface area (TPSA) is 61.4 Å². The van der Waals surface area contributed by atoms with Crippen molar-refractivity contribution >= 4 is 5.97 Å². The highest BCUT2D eigenvalue weighted by Crippen LogP contribution is 2.02. The van der Waals surface area contributed by atoms with Crippen molar-refractivity contribution in [3.63, 3.8) is 0 Å². The number of piperazine rings is 1. The lowest BCUT2D eigenvalue weighted by molar-refractivity contribution is -0.140. The van der Waals surface area contributed by atoms with E-state index < -0.39 is 12.0 Å². The van der Waals surface area contributed by atoms with Crippen molar-refractivity contribution in [1.29, 1.82) is 0 Å². The maximum absolute atomic E-state index is 10.6. The van der Waals surface area contributed by atoms with Gasteiger partial charge >= 0.3 is 5.97 Å². The van der Waals surface area contributed by atoms with E-state index in [-0.39, 0.29) is 6.04 Å². The predicted molar refractivity (Wildman–Crippen MR) is 41.5 cm³/mol. The van der Waals surface area contributed by atoms with Crippen LogP contribution in [0.5, 0.6) is 0 Å². The van der Waals surface area contributed by atoms with Gasteiger partial charge in [-0.15, -0.1) is 0 Å². The van der Waals surface area contributed by atoms with Gasteiger partial charge in [-0.25, -0.2) is 0 Å². The van der Waals surface area contributed by atoms with Crippen molar-refractivity contribution in [2.24, 2.45) is 0 Å². The van der Waals surface area contributed by atoms with Crippen LogP contribution in [0.25, 0.3) is 0 Å². The highest BCUT2D eigenvalue weighted by Gasteiger charge is 2.28.